The van der Waals surface area contributed by atoms with E-state index in [0.717, 1.165) is 0 Å². The molecule has 38 heavy (non-hydrogen) atoms. The van der Waals surface area contributed by atoms with Gasteiger partial charge in [-0.25, -0.2) is 9.55 Å². The average Bonchev–Trinajstić information content (AvgIpc) is 3.41. The van der Waals surface area contributed by atoms with Crippen molar-refractivity contribution in [2.75, 3.05) is 0 Å². The summed E-state index contributed by atoms with van der Waals surface area (Å²) < 4.78 is 2.57. The Labute approximate surface area is 240 Å². The van der Waals surface area contributed by atoms with E-state index in [4.69, 9.17) is 0 Å². The van der Waals surface area contributed by atoms with Crippen LogP contribution < -0.4 is 4.57 Å². The van der Waals surface area contributed by atoms with Gasteiger partial charge in [0.15, 0.2) is 0 Å². The van der Waals surface area contributed by atoms with E-state index in [1.165, 1.54) is 179 Å². The molecule has 0 amide bonds. The van der Waals surface area contributed by atoms with Gasteiger partial charge in [0, 0.05) is 0 Å². The molecule has 2 atom stereocenters. The number of nitrogens with zero attached hydrogens (tertiary/aromatic N) is 1. The zero-order valence-corrected chi connectivity index (χ0v) is 26.8. The lowest BCUT2D eigenvalue weighted by molar-refractivity contribution is -0.727. The molecule has 0 aliphatic carbocycles. The largest absolute Gasteiger partial charge is 0.257 e. The lowest BCUT2D eigenvalue weighted by Gasteiger charge is -2.17. The molecule has 0 saturated heterocycles. The first kappa shape index (κ1) is 35.2. The van der Waals surface area contributed by atoms with Crippen LogP contribution in [0.15, 0.2) is 12.4 Å². The lowest BCUT2D eigenvalue weighted by atomic mass is 9.93. The van der Waals surface area contributed by atoms with E-state index in [1.807, 2.05) is 0 Å². The van der Waals surface area contributed by atoms with Gasteiger partial charge in [0.1, 0.15) is 12.4 Å². The minimum atomic E-state index is 0.614. The van der Waals surface area contributed by atoms with Crippen LogP contribution in [-0.2, 0) is 0 Å². The number of hydrogen-bond donors (Lipinski definition) is 1. The quantitative estimate of drug-likeness (QED) is 0.0783. The van der Waals surface area contributed by atoms with Gasteiger partial charge in [-0.1, -0.05) is 175 Å². The first-order valence-corrected chi connectivity index (χ1v) is 17.8. The fourth-order valence-corrected chi connectivity index (χ4v) is 6.33. The number of aromatic amines is 1. The maximum atomic E-state index is 3.68. The third-order valence-corrected chi connectivity index (χ3v) is 8.87. The Balaban J connectivity index is 2.21. The van der Waals surface area contributed by atoms with Crippen LogP contribution in [0.25, 0.3) is 0 Å². The van der Waals surface area contributed by atoms with Gasteiger partial charge in [-0.15, -0.1) is 0 Å². The van der Waals surface area contributed by atoms with Crippen molar-refractivity contribution < 1.29 is 4.57 Å². The van der Waals surface area contributed by atoms with Gasteiger partial charge in [0.2, 0.25) is 0 Å². The van der Waals surface area contributed by atoms with Crippen LogP contribution in [-0.4, -0.2) is 4.98 Å². The third-order valence-electron chi connectivity index (χ3n) is 8.87. The summed E-state index contributed by atoms with van der Waals surface area (Å²) in [6.45, 7) is 9.34. The molecular weight excluding hydrogens is 460 g/mol. The highest BCUT2D eigenvalue weighted by Crippen LogP contribution is 2.27. The van der Waals surface area contributed by atoms with Gasteiger partial charge in [-0.2, -0.15) is 0 Å². The average molecular weight is 532 g/mol. The molecule has 0 spiro atoms. The summed E-state index contributed by atoms with van der Waals surface area (Å²) in [4.78, 5) is 3.68. The fourth-order valence-electron chi connectivity index (χ4n) is 6.33. The number of H-pyrrole nitrogens is 1. The first-order chi connectivity index (χ1) is 18.7. The summed E-state index contributed by atoms with van der Waals surface area (Å²) in [6.07, 6.45) is 42.9. The second-order valence-electron chi connectivity index (χ2n) is 12.6. The van der Waals surface area contributed by atoms with Crippen LogP contribution >= 0.6 is 0 Å². The number of hydrogen-bond acceptors (Lipinski definition) is 0. The van der Waals surface area contributed by atoms with E-state index >= 15 is 0 Å². The van der Waals surface area contributed by atoms with Crippen LogP contribution in [0.3, 0.4) is 0 Å². The number of nitrogens with one attached hydrogen (secondary N) is 1. The predicted octanol–water partition coefficient (Wildman–Crippen LogP) is 12.5. The van der Waals surface area contributed by atoms with Crippen molar-refractivity contribution in [3.8, 4) is 0 Å². The molecule has 224 valence electrons. The summed E-state index contributed by atoms with van der Waals surface area (Å²) in [6, 6.07) is 0.614. The van der Waals surface area contributed by atoms with E-state index in [0.29, 0.717) is 12.0 Å². The standard InChI is InChI=1S/C36H70N2/c1-5-8-10-12-14-15-16-17-18-19-20-21-22-24-26-28-31-35(30-27-25-23-13-11-9-6-2)36-37-32-33-38(36)34(4)29-7-3/h32-35H,5-31H2,1-4H3/p+1. The number of imidazole rings is 1. The maximum Gasteiger partial charge on any atom is 0.257 e. The highest BCUT2D eigenvalue weighted by atomic mass is 15.1. The van der Waals surface area contributed by atoms with E-state index in [9.17, 15) is 0 Å². The van der Waals surface area contributed by atoms with Gasteiger partial charge in [0.05, 0.1) is 12.0 Å². The molecule has 2 unspecified atom stereocenters. The molecule has 1 aromatic rings. The Morgan fingerprint density at radius 3 is 1.24 bits per heavy atom. The molecule has 1 aromatic heterocycles. The molecular formula is C36H71N2+. The minimum Gasteiger partial charge on any atom is -0.247 e. The number of unbranched alkanes of at least 4 members (excludes halogenated alkanes) is 21. The van der Waals surface area contributed by atoms with E-state index in [2.05, 4.69) is 49.6 Å². The van der Waals surface area contributed by atoms with Gasteiger partial charge in [0.25, 0.3) is 5.82 Å². The molecule has 0 radical (unpaired) electrons. The van der Waals surface area contributed by atoms with Crippen LogP contribution in [0.2, 0.25) is 0 Å². The Morgan fingerprint density at radius 1 is 0.500 bits per heavy atom. The van der Waals surface area contributed by atoms with Crippen LogP contribution in [0.4, 0.5) is 0 Å². The van der Waals surface area contributed by atoms with Gasteiger partial charge in [-0.3, -0.25) is 0 Å². The molecule has 2 heteroatoms. The second-order valence-corrected chi connectivity index (χ2v) is 12.6. The summed E-state index contributed by atoms with van der Waals surface area (Å²) in [5.74, 6) is 2.23. The predicted molar refractivity (Wildman–Crippen MR) is 170 cm³/mol. The third kappa shape index (κ3) is 18.5. The monoisotopic (exact) mass is 532 g/mol. The SMILES string of the molecule is CCCCCCCCCCCCCCCCCCC(CCCCCCCCC)c1[nH]cc[n+]1C(C)CCC. The van der Waals surface area contributed by atoms with Gasteiger partial charge < -0.3 is 0 Å². The van der Waals surface area contributed by atoms with E-state index in [1.54, 1.807) is 0 Å². The summed E-state index contributed by atoms with van der Waals surface area (Å²) in [7, 11) is 0. The maximum absolute atomic E-state index is 3.68. The molecule has 1 heterocycles. The highest BCUT2D eigenvalue weighted by molar-refractivity contribution is 4.90. The Morgan fingerprint density at radius 2 is 0.868 bits per heavy atom. The van der Waals surface area contributed by atoms with Crippen molar-refractivity contribution in [3.63, 3.8) is 0 Å². The van der Waals surface area contributed by atoms with Gasteiger partial charge in [-0.05, 0) is 26.2 Å². The van der Waals surface area contributed by atoms with Crippen molar-refractivity contribution in [2.45, 2.75) is 213 Å². The Bertz CT molecular complexity index is 592. The smallest absolute Gasteiger partial charge is 0.247 e. The zero-order valence-electron chi connectivity index (χ0n) is 26.8. The van der Waals surface area contributed by atoms with Crippen molar-refractivity contribution in [3.05, 3.63) is 18.2 Å². The second kappa shape index (κ2) is 26.4. The highest BCUT2D eigenvalue weighted by Gasteiger charge is 2.25. The lowest BCUT2D eigenvalue weighted by Crippen LogP contribution is -2.41. The van der Waals surface area contributed by atoms with Crippen molar-refractivity contribution in [1.82, 2.24) is 4.98 Å². The summed E-state index contributed by atoms with van der Waals surface area (Å²) in [5, 5.41) is 0. The zero-order chi connectivity index (χ0) is 27.5. The van der Waals surface area contributed by atoms with Crippen molar-refractivity contribution in [1.29, 1.82) is 0 Å². The van der Waals surface area contributed by atoms with E-state index < -0.39 is 0 Å². The molecule has 1 rings (SSSR count). The fraction of sp³-hybridized carbons (Fsp3) is 0.917. The molecule has 0 aromatic carbocycles. The molecule has 1 N–H and O–H groups in total. The Kier molecular flexibility index (Phi) is 24.5. The topological polar surface area (TPSA) is 19.7 Å². The minimum absolute atomic E-state index is 0.614. The van der Waals surface area contributed by atoms with E-state index in [-0.39, 0.29) is 0 Å². The number of aromatic nitrogens is 2. The first-order valence-electron chi connectivity index (χ1n) is 17.8. The molecule has 0 saturated carbocycles. The van der Waals surface area contributed by atoms with Crippen LogP contribution in [0.5, 0.6) is 0 Å². The van der Waals surface area contributed by atoms with Crippen LogP contribution in [0.1, 0.15) is 219 Å². The number of rotatable bonds is 29. The van der Waals surface area contributed by atoms with Crippen LogP contribution in [0, 0.1) is 0 Å². The summed E-state index contributed by atoms with van der Waals surface area (Å²) >= 11 is 0. The molecule has 2 nitrogen and oxygen atoms in total. The molecule has 0 aliphatic rings. The molecule has 0 aliphatic heterocycles. The Hall–Kier alpha value is -0.790. The molecule has 0 bridgehead atoms. The van der Waals surface area contributed by atoms with Gasteiger partial charge >= 0.3 is 0 Å². The normalized spacial score (nSPS) is 13.3. The molecule has 0 fully saturated rings. The van der Waals surface area contributed by atoms with Crippen molar-refractivity contribution in [2.24, 2.45) is 0 Å². The van der Waals surface area contributed by atoms with Crippen molar-refractivity contribution >= 4 is 0 Å². The summed E-state index contributed by atoms with van der Waals surface area (Å²) in [5.41, 5.74) is 0.